The topological polar surface area (TPSA) is 397 Å². The molecule has 1 unspecified atom stereocenters. The summed E-state index contributed by atoms with van der Waals surface area (Å²) in [5.74, 6) is -1.99. The van der Waals surface area contributed by atoms with Crippen molar-refractivity contribution in [2.24, 2.45) is 0 Å². The number of carbonyl (C=O) groups is 2. The Bertz CT molecular complexity index is 2120. The summed E-state index contributed by atoms with van der Waals surface area (Å²) in [6.07, 6.45) is -9.99. The molecule has 2 saturated heterocycles. The van der Waals surface area contributed by atoms with Crippen LogP contribution in [0.4, 0.5) is 11.6 Å². The summed E-state index contributed by atoms with van der Waals surface area (Å²) in [6.45, 7) is 2.21. The van der Waals surface area contributed by atoms with Gasteiger partial charge in [0.2, 0.25) is 5.91 Å². The molecule has 29 heteroatoms. The number of amides is 1. The molecule has 1 amide bonds. The number of anilines is 2. The molecule has 0 aliphatic carbocycles. The minimum atomic E-state index is -5.43. The quantitative estimate of drug-likeness (QED) is 0.0313. The Labute approximate surface area is 332 Å². The van der Waals surface area contributed by atoms with Gasteiger partial charge in [-0.1, -0.05) is 6.08 Å². The van der Waals surface area contributed by atoms with Gasteiger partial charge in [-0.15, -0.1) is 6.58 Å². The van der Waals surface area contributed by atoms with Gasteiger partial charge >= 0.3 is 27.3 Å². The number of allylic oxidation sites excluding steroid dienone is 1. The molecule has 11 atom stereocenters. The Hall–Kier alpha value is -4.31. The van der Waals surface area contributed by atoms with E-state index in [4.69, 9.17) is 39.5 Å². The number of phosphoric ester groups is 2. The maximum Gasteiger partial charge on any atom is 0.472 e. The van der Waals surface area contributed by atoms with Crippen molar-refractivity contribution in [2.45, 2.75) is 81.0 Å². The van der Waals surface area contributed by atoms with Gasteiger partial charge in [-0.25, -0.2) is 33.7 Å². The van der Waals surface area contributed by atoms with Crippen LogP contribution in [-0.2, 0) is 51.2 Å². The van der Waals surface area contributed by atoms with Gasteiger partial charge in [-0.2, -0.15) is 4.98 Å². The van der Waals surface area contributed by atoms with Crippen molar-refractivity contribution in [2.75, 3.05) is 37.9 Å². The zero-order valence-electron chi connectivity index (χ0n) is 30.9. The van der Waals surface area contributed by atoms with Crippen molar-refractivity contribution in [3.63, 3.8) is 0 Å². The average Bonchev–Trinajstić information content (AvgIpc) is 3.81. The summed E-state index contributed by atoms with van der Waals surface area (Å²) in [5, 5.41) is 34.7. The van der Waals surface area contributed by atoms with Crippen LogP contribution >= 0.6 is 15.6 Å². The SMILES string of the molecule is C=CCCC(=O)N[C@@H](COC[C@H](C)O)C(=O)O[C@H]1[C@@H](O)[C@H](n2cnc3c(N)ncnc32)O[C@@H]1COP(=O)(O)O[C@H]1[C@@H](O)[C@H](n2ccc(N)nc2=O)O[C@@H]1COP(=O)(O)O. The molecule has 3 aromatic heterocycles. The molecule has 0 spiro atoms. The van der Waals surface area contributed by atoms with E-state index < -0.39 is 114 Å². The Morgan fingerprint density at radius 1 is 1.02 bits per heavy atom. The number of nitrogens with one attached hydrogen (secondary N) is 1. The molecule has 326 valence electrons. The Balaban J connectivity index is 1.39. The molecular weight excluding hydrogens is 836 g/mol. The van der Waals surface area contributed by atoms with Gasteiger partial charge in [0.05, 0.1) is 38.9 Å². The average molecular weight is 880 g/mol. The minimum Gasteiger partial charge on any atom is -0.455 e. The monoisotopic (exact) mass is 879 g/mol. The van der Waals surface area contributed by atoms with Crippen LogP contribution in [0.1, 0.15) is 32.2 Å². The molecular formula is C30H43N9O18P2. The molecule has 2 aliphatic heterocycles. The fraction of sp³-hybridized carbons (Fsp3) is 0.567. The molecule has 2 aliphatic rings. The first kappa shape index (κ1) is 45.8. The second kappa shape index (κ2) is 19.4. The number of nitrogens with zero attached hydrogens (tertiary/aromatic N) is 6. The standard InChI is InChI=1S/C30H43N9O18P2/c1-3-4-5-19(41)36-15(9-51-8-14(2)40)29(44)56-23-16(54-28(21(23)42)39-13-35-20-25(32)33-12-34-26(20)39)11-53-59(49,50)57-24-17(10-52-58(46,47)48)55-27(22(24)43)38-7-6-18(31)37-30(38)45/h3,6-7,12-17,21-24,27-28,40,42-43H,1,4-5,8-11H2,2H3,(H,36,41)(H,49,50)(H2,31,37,45)(H2,32,33,34)(H2,46,47,48)/t14-,15-,16+,17+,21+,22+,23+,24+,27+,28+/m0/s1. The molecule has 27 nitrogen and oxygen atoms in total. The van der Waals surface area contributed by atoms with Crippen LogP contribution < -0.4 is 22.5 Å². The number of nitrogens with two attached hydrogens (primary N) is 2. The second-order valence-electron chi connectivity index (χ2n) is 13.1. The number of esters is 1. The van der Waals surface area contributed by atoms with E-state index in [0.29, 0.717) is 0 Å². The lowest BCUT2D eigenvalue weighted by atomic mass is 10.1. The van der Waals surface area contributed by atoms with Gasteiger partial charge in [0.25, 0.3) is 0 Å². The Morgan fingerprint density at radius 3 is 2.34 bits per heavy atom. The van der Waals surface area contributed by atoms with Crippen LogP contribution in [0.5, 0.6) is 0 Å². The third kappa shape index (κ3) is 11.7. The summed E-state index contributed by atoms with van der Waals surface area (Å²) in [7, 11) is -10.6. The lowest BCUT2D eigenvalue weighted by Crippen LogP contribution is -2.48. The van der Waals surface area contributed by atoms with Crippen LogP contribution in [0, 0.1) is 0 Å². The first-order valence-electron chi connectivity index (χ1n) is 17.5. The van der Waals surface area contributed by atoms with Gasteiger partial charge in [0, 0.05) is 12.6 Å². The second-order valence-corrected chi connectivity index (χ2v) is 15.7. The number of nitrogen functional groups attached to an aromatic ring is 2. The molecule has 0 bridgehead atoms. The van der Waals surface area contributed by atoms with E-state index in [2.05, 4.69) is 36.4 Å². The highest BCUT2D eigenvalue weighted by atomic mass is 31.2. The zero-order chi connectivity index (χ0) is 43.2. The maximum absolute atomic E-state index is 13.6. The van der Waals surface area contributed by atoms with E-state index in [1.54, 1.807) is 0 Å². The van der Waals surface area contributed by atoms with E-state index in [9.17, 15) is 53.5 Å². The molecule has 0 radical (unpaired) electrons. The smallest absolute Gasteiger partial charge is 0.455 e. The number of carbonyl (C=O) groups excluding carboxylic acids is 2. The zero-order valence-corrected chi connectivity index (χ0v) is 32.7. The normalized spacial score (nSPS) is 26.6. The molecule has 5 rings (SSSR count). The number of fused-ring (bicyclic) bond motifs is 1. The number of phosphoric acid groups is 2. The molecule has 0 saturated carbocycles. The van der Waals surface area contributed by atoms with E-state index in [-0.39, 0.29) is 42.2 Å². The lowest BCUT2D eigenvalue weighted by Gasteiger charge is -2.26. The van der Waals surface area contributed by atoms with Gasteiger partial charge in [-0.05, 0) is 19.4 Å². The number of imidazole rings is 1. The van der Waals surface area contributed by atoms with Crippen molar-refractivity contribution in [3.8, 4) is 0 Å². The highest BCUT2D eigenvalue weighted by molar-refractivity contribution is 7.47. The number of ether oxygens (including phenoxy) is 4. The van der Waals surface area contributed by atoms with Gasteiger partial charge in [-0.3, -0.25) is 27.5 Å². The Morgan fingerprint density at radius 2 is 1.68 bits per heavy atom. The lowest BCUT2D eigenvalue weighted by molar-refractivity contribution is -0.162. The molecule has 2 fully saturated rings. The predicted octanol–water partition coefficient (Wildman–Crippen LogP) is -2.86. The highest BCUT2D eigenvalue weighted by Gasteiger charge is 2.52. The third-order valence-electron chi connectivity index (χ3n) is 8.56. The van der Waals surface area contributed by atoms with Crippen molar-refractivity contribution in [3.05, 3.63) is 48.1 Å². The van der Waals surface area contributed by atoms with Crippen LogP contribution in [0.2, 0.25) is 0 Å². The first-order chi connectivity index (χ1) is 27.8. The van der Waals surface area contributed by atoms with Crippen LogP contribution in [0.3, 0.4) is 0 Å². The van der Waals surface area contributed by atoms with Gasteiger partial charge < -0.3 is 65.7 Å². The number of hydrogen-bond acceptors (Lipinski definition) is 21. The van der Waals surface area contributed by atoms with Crippen molar-refractivity contribution >= 4 is 50.3 Å². The molecule has 11 N–H and O–H groups in total. The highest BCUT2D eigenvalue weighted by Crippen LogP contribution is 2.50. The molecule has 5 heterocycles. The summed E-state index contributed by atoms with van der Waals surface area (Å²) in [5.41, 5.74) is 10.6. The number of rotatable bonds is 20. The van der Waals surface area contributed by atoms with E-state index in [0.717, 1.165) is 23.2 Å². The van der Waals surface area contributed by atoms with Crippen molar-refractivity contribution in [1.29, 1.82) is 0 Å². The molecule has 3 aromatic rings. The van der Waals surface area contributed by atoms with Gasteiger partial charge in [0.15, 0.2) is 36.1 Å². The number of aliphatic hydroxyl groups is 3. The summed E-state index contributed by atoms with van der Waals surface area (Å²) >= 11 is 0. The van der Waals surface area contributed by atoms with Crippen molar-refractivity contribution in [1.82, 2.24) is 34.4 Å². The third-order valence-corrected chi connectivity index (χ3v) is 10.0. The van der Waals surface area contributed by atoms with Gasteiger partial charge in [0.1, 0.15) is 48.2 Å². The Kier molecular flexibility index (Phi) is 15.0. The first-order valence-corrected chi connectivity index (χ1v) is 20.5. The molecule has 0 aromatic carbocycles. The summed E-state index contributed by atoms with van der Waals surface area (Å²) in [4.78, 5) is 83.7. The number of aromatic nitrogens is 6. The maximum atomic E-state index is 13.6. The number of aliphatic hydroxyl groups excluding tert-OH is 3. The molecule has 59 heavy (non-hydrogen) atoms. The minimum absolute atomic E-state index is 0.0305. The summed E-state index contributed by atoms with van der Waals surface area (Å²) < 4.78 is 64.3. The van der Waals surface area contributed by atoms with Crippen LogP contribution in [-0.4, -0.2) is 146 Å². The predicted molar refractivity (Wildman–Crippen MR) is 195 cm³/mol. The fourth-order valence-corrected chi connectivity index (χ4v) is 7.19. The van der Waals surface area contributed by atoms with Crippen LogP contribution in [0.25, 0.3) is 11.2 Å². The van der Waals surface area contributed by atoms with E-state index >= 15 is 0 Å². The fourth-order valence-electron chi connectivity index (χ4n) is 5.88. The largest absolute Gasteiger partial charge is 0.472 e. The number of hydrogen-bond donors (Lipinski definition) is 9. The summed E-state index contributed by atoms with van der Waals surface area (Å²) in [6, 6.07) is -0.337. The van der Waals surface area contributed by atoms with E-state index in [1.165, 1.54) is 23.9 Å². The van der Waals surface area contributed by atoms with Crippen LogP contribution in [0.15, 0.2) is 42.4 Å². The van der Waals surface area contributed by atoms with Crippen molar-refractivity contribution < 1.29 is 81.2 Å². The van der Waals surface area contributed by atoms with E-state index in [1.807, 2.05) is 0 Å².